The standard InChI is InChI=1S/C32H65NO/c1-3-5-7-9-11-13-15-17-18-20-22-24-26-28-30-32(31-33-34)29-27-25-23-21-19-16-14-12-10-8-6-4-2/h31-32,34H,3-30H2,1-2H3. The molecule has 34 heavy (non-hydrogen) atoms. The number of hydrogen-bond donors (Lipinski definition) is 1. The normalized spacial score (nSPS) is 12.6. The van der Waals surface area contributed by atoms with Crippen LogP contribution in [0.1, 0.15) is 194 Å². The van der Waals surface area contributed by atoms with Gasteiger partial charge in [-0.2, -0.15) is 0 Å². The smallest absolute Gasteiger partial charge is 0.0466 e. The van der Waals surface area contributed by atoms with Crippen molar-refractivity contribution in [2.45, 2.75) is 194 Å². The first-order valence-corrected chi connectivity index (χ1v) is 16.0. The lowest BCUT2D eigenvalue weighted by Crippen LogP contribution is -2.02. The van der Waals surface area contributed by atoms with Gasteiger partial charge in [-0.1, -0.05) is 181 Å². The van der Waals surface area contributed by atoms with Crippen LogP contribution < -0.4 is 0 Å². The van der Waals surface area contributed by atoms with Crippen LogP contribution in [0.3, 0.4) is 0 Å². The number of oxime groups is 1. The van der Waals surface area contributed by atoms with E-state index in [1.54, 1.807) is 6.21 Å². The molecule has 0 rings (SSSR count). The molecule has 204 valence electrons. The van der Waals surface area contributed by atoms with Gasteiger partial charge in [0.2, 0.25) is 0 Å². The van der Waals surface area contributed by atoms with Crippen molar-refractivity contribution in [3.8, 4) is 0 Å². The minimum atomic E-state index is 0.491. The summed E-state index contributed by atoms with van der Waals surface area (Å²) in [6.45, 7) is 4.58. The van der Waals surface area contributed by atoms with Crippen LogP contribution in [0.25, 0.3) is 0 Å². The number of hydrogen-bond acceptors (Lipinski definition) is 2. The monoisotopic (exact) mass is 480 g/mol. The third-order valence-electron chi connectivity index (χ3n) is 7.63. The molecule has 1 atom stereocenters. The average Bonchev–Trinajstić information content (AvgIpc) is 2.84. The van der Waals surface area contributed by atoms with E-state index in [2.05, 4.69) is 19.0 Å². The molecule has 0 spiro atoms. The van der Waals surface area contributed by atoms with E-state index < -0.39 is 0 Å². The van der Waals surface area contributed by atoms with Gasteiger partial charge in [-0.25, -0.2) is 0 Å². The summed E-state index contributed by atoms with van der Waals surface area (Å²) in [6, 6.07) is 0. The minimum Gasteiger partial charge on any atom is -0.411 e. The molecule has 0 aliphatic heterocycles. The lowest BCUT2D eigenvalue weighted by Gasteiger charge is -2.11. The molecule has 0 aliphatic carbocycles. The first-order valence-electron chi connectivity index (χ1n) is 16.0. The van der Waals surface area contributed by atoms with E-state index >= 15 is 0 Å². The van der Waals surface area contributed by atoms with Crippen molar-refractivity contribution in [1.29, 1.82) is 0 Å². The molecule has 0 saturated heterocycles. The molecule has 1 N–H and O–H groups in total. The minimum absolute atomic E-state index is 0.491. The molecule has 2 heteroatoms. The van der Waals surface area contributed by atoms with Crippen LogP contribution >= 0.6 is 0 Å². The van der Waals surface area contributed by atoms with Gasteiger partial charge in [0, 0.05) is 6.21 Å². The van der Waals surface area contributed by atoms with Gasteiger partial charge in [-0.05, 0) is 18.8 Å². The van der Waals surface area contributed by atoms with Gasteiger partial charge in [0.1, 0.15) is 0 Å². The van der Waals surface area contributed by atoms with Crippen LogP contribution in [-0.2, 0) is 0 Å². The van der Waals surface area contributed by atoms with Crippen LogP contribution in [-0.4, -0.2) is 11.4 Å². The highest BCUT2D eigenvalue weighted by atomic mass is 16.4. The lowest BCUT2D eigenvalue weighted by molar-refractivity contribution is 0.316. The van der Waals surface area contributed by atoms with Crippen molar-refractivity contribution in [3.05, 3.63) is 0 Å². The Kier molecular flexibility index (Phi) is 30.0. The molecule has 0 bridgehead atoms. The zero-order valence-electron chi connectivity index (χ0n) is 23.8. The summed E-state index contributed by atoms with van der Waals surface area (Å²) in [7, 11) is 0. The van der Waals surface area contributed by atoms with Crippen molar-refractivity contribution >= 4 is 6.21 Å². The zero-order chi connectivity index (χ0) is 24.8. The summed E-state index contributed by atoms with van der Waals surface area (Å²) in [5, 5.41) is 12.4. The number of rotatable bonds is 29. The molecule has 0 aromatic rings. The molecule has 0 aliphatic rings. The van der Waals surface area contributed by atoms with Gasteiger partial charge in [-0.15, -0.1) is 5.16 Å². The van der Waals surface area contributed by atoms with E-state index in [4.69, 9.17) is 5.21 Å². The van der Waals surface area contributed by atoms with Gasteiger partial charge in [0.15, 0.2) is 0 Å². The van der Waals surface area contributed by atoms with Crippen molar-refractivity contribution in [3.63, 3.8) is 0 Å². The summed E-state index contributed by atoms with van der Waals surface area (Å²) >= 11 is 0. The molecule has 0 heterocycles. The first-order chi connectivity index (χ1) is 16.8. The van der Waals surface area contributed by atoms with E-state index in [0.717, 1.165) is 0 Å². The van der Waals surface area contributed by atoms with E-state index in [9.17, 15) is 0 Å². The predicted octanol–water partition coefficient (Wildman–Crippen LogP) is 12.0. The Labute approximate surface area is 216 Å². The van der Waals surface area contributed by atoms with E-state index in [0.29, 0.717) is 5.92 Å². The van der Waals surface area contributed by atoms with Crippen molar-refractivity contribution in [2.24, 2.45) is 11.1 Å². The second-order valence-electron chi connectivity index (χ2n) is 11.1. The molecule has 0 aromatic carbocycles. The van der Waals surface area contributed by atoms with Gasteiger partial charge in [0.05, 0.1) is 0 Å². The van der Waals surface area contributed by atoms with Crippen LogP contribution in [0.5, 0.6) is 0 Å². The molecule has 0 amide bonds. The summed E-state index contributed by atoms with van der Waals surface area (Å²) in [5.74, 6) is 0.491. The highest BCUT2D eigenvalue weighted by Crippen LogP contribution is 2.19. The molecule has 0 radical (unpaired) electrons. The third-order valence-corrected chi connectivity index (χ3v) is 7.63. The second kappa shape index (κ2) is 30.5. The molecule has 0 fully saturated rings. The summed E-state index contributed by atoms with van der Waals surface area (Å²) in [5.41, 5.74) is 0. The van der Waals surface area contributed by atoms with Crippen molar-refractivity contribution in [2.75, 3.05) is 0 Å². The fourth-order valence-electron chi connectivity index (χ4n) is 5.24. The molecule has 1 unspecified atom stereocenters. The second-order valence-corrected chi connectivity index (χ2v) is 11.1. The largest absolute Gasteiger partial charge is 0.411 e. The van der Waals surface area contributed by atoms with E-state index in [1.807, 2.05) is 0 Å². The fraction of sp³-hybridized carbons (Fsp3) is 0.969. The van der Waals surface area contributed by atoms with Gasteiger partial charge < -0.3 is 5.21 Å². The lowest BCUT2D eigenvalue weighted by atomic mass is 9.95. The third kappa shape index (κ3) is 27.7. The molecular formula is C32H65NO. The van der Waals surface area contributed by atoms with E-state index in [1.165, 1.54) is 180 Å². The zero-order valence-corrected chi connectivity index (χ0v) is 23.8. The Bertz CT molecular complexity index is 381. The van der Waals surface area contributed by atoms with E-state index in [-0.39, 0.29) is 0 Å². The summed E-state index contributed by atoms with van der Waals surface area (Å²) in [6.07, 6.45) is 40.9. The van der Waals surface area contributed by atoms with Gasteiger partial charge in [-0.3, -0.25) is 0 Å². The maximum atomic E-state index is 9.01. The van der Waals surface area contributed by atoms with Crippen LogP contribution in [0.2, 0.25) is 0 Å². The Balaban J connectivity index is 3.39. The maximum absolute atomic E-state index is 9.01. The Hall–Kier alpha value is -0.530. The first kappa shape index (κ1) is 33.5. The summed E-state index contributed by atoms with van der Waals surface area (Å²) in [4.78, 5) is 0. The average molecular weight is 480 g/mol. The van der Waals surface area contributed by atoms with Crippen molar-refractivity contribution < 1.29 is 5.21 Å². The topological polar surface area (TPSA) is 32.6 Å². The van der Waals surface area contributed by atoms with Crippen LogP contribution in [0.15, 0.2) is 5.16 Å². The fourth-order valence-corrected chi connectivity index (χ4v) is 5.24. The van der Waals surface area contributed by atoms with Crippen LogP contribution in [0.4, 0.5) is 0 Å². The maximum Gasteiger partial charge on any atom is 0.0466 e. The molecule has 0 aromatic heterocycles. The van der Waals surface area contributed by atoms with Crippen LogP contribution in [0, 0.1) is 5.92 Å². The molecule has 0 saturated carbocycles. The van der Waals surface area contributed by atoms with Gasteiger partial charge in [0.25, 0.3) is 0 Å². The molecular weight excluding hydrogens is 414 g/mol. The Morgan fingerprint density at radius 2 is 0.647 bits per heavy atom. The molecule has 2 nitrogen and oxygen atoms in total. The number of unbranched alkanes of at least 4 members (excludes halogenated alkanes) is 24. The van der Waals surface area contributed by atoms with Crippen molar-refractivity contribution in [1.82, 2.24) is 0 Å². The number of nitrogens with zero attached hydrogens (tertiary/aromatic N) is 1. The highest BCUT2D eigenvalue weighted by Gasteiger charge is 2.06. The highest BCUT2D eigenvalue weighted by molar-refractivity contribution is 5.59. The predicted molar refractivity (Wildman–Crippen MR) is 154 cm³/mol. The summed E-state index contributed by atoms with van der Waals surface area (Å²) < 4.78 is 0. The quantitative estimate of drug-likeness (QED) is 0.0492. The van der Waals surface area contributed by atoms with Gasteiger partial charge >= 0.3 is 0 Å². The Morgan fingerprint density at radius 1 is 0.412 bits per heavy atom. The SMILES string of the molecule is CCCCCCCCCCCCCCCCC(C=NO)CCCCCCCCCCCCCC. The Morgan fingerprint density at radius 3 is 0.882 bits per heavy atom.